The van der Waals surface area contributed by atoms with Gasteiger partial charge < -0.3 is 5.32 Å². The molecular formula is C18H18N4O2. The highest BCUT2D eigenvalue weighted by Gasteiger charge is 2.10. The molecule has 1 aromatic heterocycles. The number of aromatic nitrogens is 2. The minimum Gasteiger partial charge on any atom is -0.381 e. The molecule has 1 heterocycles. The van der Waals surface area contributed by atoms with Crippen LogP contribution < -0.4 is 5.32 Å². The van der Waals surface area contributed by atoms with Gasteiger partial charge in [-0.15, -0.1) is 0 Å². The van der Waals surface area contributed by atoms with Gasteiger partial charge in [0.1, 0.15) is 0 Å². The third-order valence-electron chi connectivity index (χ3n) is 3.86. The Labute approximate surface area is 139 Å². The van der Waals surface area contributed by atoms with Crippen LogP contribution in [0.1, 0.15) is 11.1 Å². The van der Waals surface area contributed by atoms with Crippen molar-refractivity contribution in [1.29, 1.82) is 0 Å². The summed E-state index contributed by atoms with van der Waals surface area (Å²) in [6.07, 6.45) is 3.82. The van der Waals surface area contributed by atoms with Gasteiger partial charge in [-0.25, -0.2) is 0 Å². The lowest BCUT2D eigenvalue weighted by molar-refractivity contribution is -0.385. The number of benzene rings is 2. The molecule has 0 amide bonds. The zero-order valence-corrected chi connectivity index (χ0v) is 13.6. The third kappa shape index (κ3) is 3.43. The highest BCUT2D eigenvalue weighted by Crippen LogP contribution is 2.23. The summed E-state index contributed by atoms with van der Waals surface area (Å²) in [5.74, 6) is 0. The first kappa shape index (κ1) is 15.7. The van der Waals surface area contributed by atoms with Crippen molar-refractivity contribution in [2.24, 2.45) is 7.05 Å². The van der Waals surface area contributed by atoms with E-state index in [9.17, 15) is 10.1 Å². The average Bonchev–Trinajstić information content (AvgIpc) is 2.99. The number of anilines is 1. The quantitative estimate of drug-likeness (QED) is 0.571. The van der Waals surface area contributed by atoms with Gasteiger partial charge >= 0.3 is 0 Å². The van der Waals surface area contributed by atoms with Crippen LogP contribution in [0.4, 0.5) is 11.4 Å². The Hall–Kier alpha value is -3.15. The van der Waals surface area contributed by atoms with E-state index in [1.807, 2.05) is 31.6 Å². The van der Waals surface area contributed by atoms with Crippen LogP contribution in [0.25, 0.3) is 11.1 Å². The molecule has 0 saturated carbocycles. The predicted molar refractivity (Wildman–Crippen MR) is 93.8 cm³/mol. The molecule has 0 radical (unpaired) electrons. The Morgan fingerprint density at radius 2 is 2.04 bits per heavy atom. The number of nitro groups is 1. The van der Waals surface area contributed by atoms with Crippen LogP contribution >= 0.6 is 0 Å². The van der Waals surface area contributed by atoms with Gasteiger partial charge in [-0.1, -0.05) is 18.2 Å². The Morgan fingerprint density at radius 3 is 2.71 bits per heavy atom. The van der Waals surface area contributed by atoms with Gasteiger partial charge in [0.05, 0.1) is 11.1 Å². The number of hydrogen-bond donors (Lipinski definition) is 1. The average molecular weight is 322 g/mol. The molecule has 122 valence electrons. The number of nitrogens with zero attached hydrogens (tertiary/aromatic N) is 3. The van der Waals surface area contributed by atoms with Crippen LogP contribution in [0.5, 0.6) is 0 Å². The van der Waals surface area contributed by atoms with E-state index >= 15 is 0 Å². The highest BCUT2D eigenvalue weighted by atomic mass is 16.6. The van der Waals surface area contributed by atoms with E-state index < -0.39 is 0 Å². The first-order valence-corrected chi connectivity index (χ1v) is 7.60. The van der Waals surface area contributed by atoms with Gasteiger partial charge in [-0.05, 0) is 36.2 Å². The maximum absolute atomic E-state index is 10.9. The standard InChI is InChI=1S/C18H18N4O2/c1-13-8-17(6-7-18(13)22(23)24)19-10-14-4-3-5-15(9-14)16-11-20-21(2)12-16/h3-9,11-12,19H,10H2,1-2H3. The van der Waals surface area contributed by atoms with Crippen molar-refractivity contribution in [3.05, 3.63) is 76.1 Å². The Balaban J connectivity index is 1.73. The molecule has 0 fully saturated rings. The molecule has 2 aromatic carbocycles. The summed E-state index contributed by atoms with van der Waals surface area (Å²) in [5, 5.41) is 18.4. The van der Waals surface area contributed by atoms with Crippen LogP contribution in [0, 0.1) is 17.0 Å². The molecule has 3 aromatic rings. The number of nitro benzene ring substituents is 1. The summed E-state index contributed by atoms with van der Waals surface area (Å²) >= 11 is 0. The van der Waals surface area contributed by atoms with Crippen LogP contribution in [0.3, 0.4) is 0 Å². The molecule has 0 spiro atoms. The van der Waals surface area contributed by atoms with Crippen molar-refractivity contribution < 1.29 is 4.92 Å². The van der Waals surface area contributed by atoms with Gasteiger partial charge in [0, 0.05) is 42.7 Å². The van der Waals surface area contributed by atoms with Crippen molar-refractivity contribution in [2.45, 2.75) is 13.5 Å². The normalized spacial score (nSPS) is 10.6. The number of aryl methyl sites for hydroxylation is 2. The van der Waals surface area contributed by atoms with E-state index in [1.54, 1.807) is 23.7 Å². The number of hydrogen-bond acceptors (Lipinski definition) is 4. The zero-order chi connectivity index (χ0) is 17.1. The second-order valence-electron chi connectivity index (χ2n) is 5.71. The second-order valence-corrected chi connectivity index (χ2v) is 5.71. The molecule has 0 aliphatic rings. The summed E-state index contributed by atoms with van der Waals surface area (Å²) in [5.41, 5.74) is 4.97. The van der Waals surface area contributed by atoms with E-state index in [0.29, 0.717) is 12.1 Å². The maximum atomic E-state index is 10.9. The van der Waals surface area contributed by atoms with E-state index in [0.717, 1.165) is 22.4 Å². The summed E-state index contributed by atoms with van der Waals surface area (Å²) in [4.78, 5) is 10.5. The van der Waals surface area contributed by atoms with Gasteiger partial charge in [0.2, 0.25) is 0 Å². The first-order chi connectivity index (χ1) is 11.5. The molecule has 24 heavy (non-hydrogen) atoms. The second kappa shape index (κ2) is 6.54. The molecule has 0 atom stereocenters. The maximum Gasteiger partial charge on any atom is 0.272 e. The minimum absolute atomic E-state index is 0.138. The zero-order valence-electron chi connectivity index (χ0n) is 13.6. The summed E-state index contributed by atoms with van der Waals surface area (Å²) in [7, 11) is 1.89. The topological polar surface area (TPSA) is 73.0 Å². The van der Waals surface area contributed by atoms with Crippen LogP contribution in [-0.4, -0.2) is 14.7 Å². The summed E-state index contributed by atoms with van der Waals surface area (Å²) in [6, 6.07) is 13.3. The largest absolute Gasteiger partial charge is 0.381 e. The number of nitrogens with one attached hydrogen (secondary N) is 1. The molecule has 0 bridgehead atoms. The summed E-state index contributed by atoms with van der Waals surface area (Å²) < 4.78 is 1.78. The molecule has 0 saturated heterocycles. The van der Waals surface area contributed by atoms with Gasteiger partial charge in [0.25, 0.3) is 5.69 Å². The van der Waals surface area contributed by atoms with Crippen LogP contribution in [0.15, 0.2) is 54.9 Å². The molecule has 3 rings (SSSR count). The minimum atomic E-state index is -0.365. The van der Waals surface area contributed by atoms with Crippen molar-refractivity contribution in [2.75, 3.05) is 5.32 Å². The van der Waals surface area contributed by atoms with Gasteiger partial charge in [-0.2, -0.15) is 5.10 Å². The molecule has 0 aliphatic heterocycles. The molecule has 6 nitrogen and oxygen atoms in total. The Morgan fingerprint density at radius 1 is 1.21 bits per heavy atom. The van der Waals surface area contributed by atoms with Gasteiger partial charge in [0.15, 0.2) is 0 Å². The van der Waals surface area contributed by atoms with Crippen molar-refractivity contribution in [3.63, 3.8) is 0 Å². The van der Waals surface area contributed by atoms with Crippen molar-refractivity contribution >= 4 is 11.4 Å². The predicted octanol–water partition coefficient (Wildman–Crippen LogP) is 3.92. The highest BCUT2D eigenvalue weighted by molar-refractivity contribution is 5.62. The van der Waals surface area contributed by atoms with E-state index in [-0.39, 0.29) is 10.6 Å². The third-order valence-corrected chi connectivity index (χ3v) is 3.86. The molecule has 0 aliphatic carbocycles. The molecule has 6 heteroatoms. The Bertz CT molecular complexity index is 886. The fourth-order valence-corrected chi connectivity index (χ4v) is 2.61. The SMILES string of the molecule is Cc1cc(NCc2cccc(-c3cnn(C)c3)c2)ccc1[N+](=O)[O-]. The van der Waals surface area contributed by atoms with Gasteiger partial charge in [-0.3, -0.25) is 14.8 Å². The van der Waals surface area contributed by atoms with Crippen molar-refractivity contribution in [1.82, 2.24) is 9.78 Å². The van der Waals surface area contributed by atoms with Crippen LogP contribution in [-0.2, 0) is 13.6 Å². The lowest BCUT2D eigenvalue weighted by atomic mass is 10.1. The monoisotopic (exact) mass is 322 g/mol. The van der Waals surface area contributed by atoms with E-state index in [2.05, 4.69) is 22.5 Å². The first-order valence-electron chi connectivity index (χ1n) is 7.60. The number of rotatable bonds is 5. The van der Waals surface area contributed by atoms with E-state index in [1.165, 1.54) is 6.07 Å². The Kier molecular flexibility index (Phi) is 4.29. The molecule has 1 N–H and O–H groups in total. The fraction of sp³-hybridized carbons (Fsp3) is 0.167. The lowest BCUT2D eigenvalue weighted by Gasteiger charge is -2.09. The fourth-order valence-electron chi connectivity index (χ4n) is 2.61. The summed E-state index contributed by atoms with van der Waals surface area (Å²) in [6.45, 7) is 2.39. The van der Waals surface area contributed by atoms with Crippen molar-refractivity contribution in [3.8, 4) is 11.1 Å². The molecule has 0 unspecified atom stereocenters. The molecular weight excluding hydrogens is 304 g/mol. The van der Waals surface area contributed by atoms with Crippen LogP contribution in [0.2, 0.25) is 0 Å². The smallest absolute Gasteiger partial charge is 0.272 e. The van der Waals surface area contributed by atoms with E-state index in [4.69, 9.17) is 0 Å². The lowest BCUT2D eigenvalue weighted by Crippen LogP contribution is -2.00.